The Morgan fingerprint density at radius 3 is 2.48 bits per heavy atom. The van der Waals surface area contributed by atoms with Crippen LogP contribution in [-0.4, -0.2) is 35.9 Å². The van der Waals surface area contributed by atoms with Crippen LogP contribution >= 0.6 is 24.0 Å². The van der Waals surface area contributed by atoms with Gasteiger partial charge in [0.15, 0.2) is 5.96 Å². The van der Waals surface area contributed by atoms with Gasteiger partial charge in [0, 0.05) is 32.5 Å². The molecule has 0 aliphatic heterocycles. The van der Waals surface area contributed by atoms with Crippen molar-refractivity contribution in [1.82, 2.24) is 20.4 Å². The maximum atomic E-state index is 4.27. The van der Waals surface area contributed by atoms with Crippen LogP contribution in [0, 0.1) is 5.92 Å². The summed E-state index contributed by atoms with van der Waals surface area (Å²) in [5.41, 5.74) is 2.38. The minimum Gasteiger partial charge on any atom is -0.356 e. The molecule has 0 amide bonds. The van der Waals surface area contributed by atoms with Crippen LogP contribution < -0.4 is 10.6 Å². The van der Waals surface area contributed by atoms with E-state index in [0.29, 0.717) is 0 Å². The molecule has 6 heteroatoms. The number of aliphatic imine (C=N–C) groups is 1. The molecule has 1 aromatic carbocycles. The summed E-state index contributed by atoms with van der Waals surface area (Å²) in [5.74, 6) is 1.64. The highest BCUT2D eigenvalue weighted by Gasteiger charge is 2.00. The number of rotatable bonds is 8. The third-order valence-corrected chi connectivity index (χ3v) is 3.89. The van der Waals surface area contributed by atoms with E-state index in [1.54, 1.807) is 6.20 Å². The first-order valence-electron chi connectivity index (χ1n) is 8.72. The van der Waals surface area contributed by atoms with Crippen LogP contribution in [-0.2, 0) is 6.42 Å². The van der Waals surface area contributed by atoms with Gasteiger partial charge in [-0.1, -0.05) is 26.0 Å². The number of hydrogen-bond acceptors (Lipinski definition) is 2. The average Bonchev–Trinajstić information content (AvgIpc) is 3.12. The van der Waals surface area contributed by atoms with Crippen molar-refractivity contribution in [2.45, 2.75) is 33.1 Å². The molecule has 0 aliphatic rings. The molecule has 25 heavy (non-hydrogen) atoms. The SMILES string of the molecule is CN=C(NCCCC(C)C)NCCc1ccc(-n2cccn2)cc1.I. The lowest BCUT2D eigenvalue weighted by Gasteiger charge is -2.12. The average molecular weight is 455 g/mol. The molecule has 0 saturated heterocycles. The summed E-state index contributed by atoms with van der Waals surface area (Å²) in [4.78, 5) is 4.27. The second-order valence-corrected chi connectivity index (χ2v) is 6.33. The third kappa shape index (κ3) is 7.90. The predicted octanol–water partition coefficient (Wildman–Crippen LogP) is 3.63. The zero-order valence-electron chi connectivity index (χ0n) is 15.4. The first-order chi connectivity index (χ1) is 11.7. The summed E-state index contributed by atoms with van der Waals surface area (Å²) in [6.07, 6.45) is 7.12. The topological polar surface area (TPSA) is 54.2 Å². The van der Waals surface area contributed by atoms with E-state index in [9.17, 15) is 0 Å². The van der Waals surface area contributed by atoms with Gasteiger partial charge in [-0.25, -0.2) is 4.68 Å². The van der Waals surface area contributed by atoms with Crippen LogP contribution in [0.5, 0.6) is 0 Å². The first-order valence-corrected chi connectivity index (χ1v) is 8.72. The Hall–Kier alpha value is -1.57. The molecular formula is C19H30IN5. The molecule has 0 unspecified atom stereocenters. The van der Waals surface area contributed by atoms with E-state index in [0.717, 1.165) is 37.1 Å². The van der Waals surface area contributed by atoms with Gasteiger partial charge in [0.1, 0.15) is 0 Å². The minimum atomic E-state index is 0. The highest BCUT2D eigenvalue weighted by molar-refractivity contribution is 14.0. The van der Waals surface area contributed by atoms with Crippen LogP contribution in [0.2, 0.25) is 0 Å². The Labute approximate surface area is 168 Å². The van der Waals surface area contributed by atoms with Crippen LogP contribution in [0.3, 0.4) is 0 Å². The van der Waals surface area contributed by atoms with Gasteiger partial charge in [-0.2, -0.15) is 5.10 Å². The number of nitrogens with one attached hydrogen (secondary N) is 2. The summed E-state index contributed by atoms with van der Waals surface area (Å²) in [6.45, 7) is 6.34. The second-order valence-electron chi connectivity index (χ2n) is 6.33. The van der Waals surface area contributed by atoms with E-state index in [1.807, 2.05) is 24.0 Å². The molecule has 2 N–H and O–H groups in total. The van der Waals surface area contributed by atoms with Crippen molar-refractivity contribution in [2.24, 2.45) is 10.9 Å². The Morgan fingerprint density at radius 1 is 1.16 bits per heavy atom. The van der Waals surface area contributed by atoms with E-state index < -0.39 is 0 Å². The molecule has 0 saturated carbocycles. The summed E-state index contributed by atoms with van der Waals surface area (Å²) < 4.78 is 1.87. The van der Waals surface area contributed by atoms with Crippen LogP contribution in [0.25, 0.3) is 5.69 Å². The van der Waals surface area contributed by atoms with Crippen LogP contribution in [0.15, 0.2) is 47.7 Å². The fourth-order valence-corrected chi connectivity index (χ4v) is 2.50. The number of nitrogens with zero attached hydrogens (tertiary/aromatic N) is 3. The molecule has 1 heterocycles. The quantitative estimate of drug-likeness (QED) is 0.277. The molecule has 2 rings (SSSR count). The normalized spacial score (nSPS) is 11.3. The molecule has 5 nitrogen and oxygen atoms in total. The Morgan fingerprint density at radius 2 is 1.88 bits per heavy atom. The molecule has 0 atom stereocenters. The number of benzene rings is 1. The standard InChI is InChI=1S/C19H29N5.HI/c1-16(2)6-4-12-21-19(20-3)22-14-11-17-7-9-18(10-8-17)24-15-5-13-23-24;/h5,7-10,13,15-16H,4,6,11-12,14H2,1-3H3,(H2,20,21,22);1H. The van der Waals surface area contributed by atoms with Gasteiger partial charge < -0.3 is 10.6 Å². The van der Waals surface area contributed by atoms with E-state index in [2.05, 4.69) is 58.8 Å². The molecule has 0 spiro atoms. The van der Waals surface area contributed by atoms with Crippen molar-refractivity contribution in [2.75, 3.05) is 20.1 Å². The fraction of sp³-hybridized carbons (Fsp3) is 0.474. The molecule has 0 bridgehead atoms. The van der Waals surface area contributed by atoms with Gasteiger partial charge in [-0.15, -0.1) is 24.0 Å². The van der Waals surface area contributed by atoms with E-state index in [4.69, 9.17) is 0 Å². The van der Waals surface area contributed by atoms with Crippen molar-refractivity contribution in [3.8, 4) is 5.69 Å². The zero-order valence-corrected chi connectivity index (χ0v) is 17.7. The van der Waals surface area contributed by atoms with Gasteiger partial charge in [-0.05, 0) is 48.9 Å². The minimum absolute atomic E-state index is 0. The molecular weight excluding hydrogens is 425 g/mol. The lowest BCUT2D eigenvalue weighted by Crippen LogP contribution is -2.38. The van der Waals surface area contributed by atoms with Gasteiger partial charge in [0.05, 0.1) is 5.69 Å². The Kier molecular flexibility index (Phi) is 10.2. The molecule has 138 valence electrons. The van der Waals surface area contributed by atoms with E-state index >= 15 is 0 Å². The first kappa shape index (κ1) is 21.5. The van der Waals surface area contributed by atoms with Crippen molar-refractivity contribution in [1.29, 1.82) is 0 Å². The number of guanidine groups is 1. The zero-order chi connectivity index (χ0) is 17.2. The highest BCUT2D eigenvalue weighted by atomic mass is 127. The summed E-state index contributed by atoms with van der Waals surface area (Å²) in [6, 6.07) is 10.4. The lowest BCUT2D eigenvalue weighted by atomic mass is 10.1. The monoisotopic (exact) mass is 455 g/mol. The van der Waals surface area contributed by atoms with Gasteiger partial charge in [0.2, 0.25) is 0 Å². The lowest BCUT2D eigenvalue weighted by molar-refractivity contribution is 0.549. The second kappa shape index (κ2) is 11.9. The summed E-state index contributed by atoms with van der Waals surface area (Å²) >= 11 is 0. The molecule has 0 aliphatic carbocycles. The number of aromatic nitrogens is 2. The maximum Gasteiger partial charge on any atom is 0.190 e. The Balaban J connectivity index is 0.00000312. The van der Waals surface area contributed by atoms with E-state index in [1.165, 1.54) is 18.4 Å². The van der Waals surface area contributed by atoms with Gasteiger partial charge in [-0.3, -0.25) is 4.99 Å². The van der Waals surface area contributed by atoms with Crippen molar-refractivity contribution in [3.05, 3.63) is 48.3 Å². The molecule has 0 fully saturated rings. The van der Waals surface area contributed by atoms with E-state index in [-0.39, 0.29) is 24.0 Å². The summed E-state index contributed by atoms with van der Waals surface area (Å²) in [7, 11) is 1.82. The van der Waals surface area contributed by atoms with Crippen LogP contribution in [0.4, 0.5) is 0 Å². The smallest absolute Gasteiger partial charge is 0.190 e. The summed E-state index contributed by atoms with van der Waals surface area (Å²) in [5, 5.41) is 11.0. The van der Waals surface area contributed by atoms with Gasteiger partial charge in [0.25, 0.3) is 0 Å². The predicted molar refractivity (Wildman–Crippen MR) is 116 cm³/mol. The largest absolute Gasteiger partial charge is 0.356 e. The highest BCUT2D eigenvalue weighted by Crippen LogP contribution is 2.08. The van der Waals surface area contributed by atoms with Crippen LogP contribution in [0.1, 0.15) is 32.3 Å². The van der Waals surface area contributed by atoms with Gasteiger partial charge >= 0.3 is 0 Å². The molecule has 0 radical (unpaired) electrons. The molecule has 1 aromatic heterocycles. The number of halogens is 1. The maximum absolute atomic E-state index is 4.27. The van der Waals surface area contributed by atoms with Crippen molar-refractivity contribution in [3.63, 3.8) is 0 Å². The van der Waals surface area contributed by atoms with Crippen molar-refractivity contribution < 1.29 is 0 Å². The third-order valence-electron chi connectivity index (χ3n) is 3.89. The Bertz CT molecular complexity index is 605. The van der Waals surface area contributed by atoms with Crippen molar-refractivity contribution >= 4 is 29.9 Å². The number of hydrogen-bond donors (Lipinski definition) is 2. The molecule has 2 aromatic rings. The fourth-order valence-electron chi connectivity index (χ4n) is 2.50.